The molecule has 1 N–H and O–H groups in total. The van der Waals surface area contributed by atoms with Crippen LogP contribution in [0.5, 0.6) is 5.75 Å². The van der Waals surface area contributed by atoms with Crippen molar-refractivity contribution in [2.75, 3.05) is 6.61 Å². The van der Waals surface area contributed by atoms with Crippen LogP contribution in [0.2, 0.25) is 14.4 Å². The van der Waals surface area contributed by atoms with E-state index in [9.17, 15) is 4.79 Å². The van der Waals surface area contributed by atoms with Gasteiger partial charge in [0.25, 0.3) is 0 Å². The minimum absolute atomic E-state index is 0.178. The van der Waals surface area contributed by atoms with Gasteiger partial charge < -0.3 is 4.74 Å². The molecule has 0 aliphatic carbocycles. The molecule has 128 valence electrons. The number of nitrogens with zero attached hydrogens (tertiary/aromatic N) is 1. The van der Waals surface area contributed by atoms with Gasteiger partial charge in [-0.3, -0.25) is 4.79 Å². The Labute approximate surface area is 159 Å². The normalized spacial score (nSPS) is 11.4. The van der Waals surface area contributed by atoms with Crippen LogP contribution >= 0.6 is 46.1 Å². The fourth-order valence-electron chi connectivity index (χ4n) is 1.77. The monoisotopic (exact) mass is 404 g/mol. The summed E-state index contributed by atoms with van der Waals surface area (Å²) in [7, 11) is 0. The first kappa shape index (κ1) is 19.1. The third kappa shape index (κ3) is 5.98. The molecule has 0 aliphatic rings. The van der Waals surface area contributed by atoms with Crippen LogP contribution in [0.15, 0.2) is 35.4 Å². The number of amides is 1. The third-order valence-corrected chi connectivity index (χ3v) is 4.85. The third-order valence-electron chi connectivity index (χ3n) is 2.98. The summed E-state index contributed by atoms with van der Waals surface area (Å²) in [5.74, 6) is 0.368. The minimum Gasteiger partial charge on any atom is -0.492 e. The molecule has 0 spiro atoms. The van der Waals surface area contributed by atoms with Crippen LogP contribution in [0.3, 0.4) is 0 Å². The average molecular weight is 406 g/mol. The summed E-state index contributed by atoms with van der Waals surface area (Å²) in [6, 6.07) is 8.66. The van der Waals surface area contributed by atoms with Gasteiger partial charge in [-0.25, -0.2) is 5.43 Å². The van der Waals surface area contributed by atoms with Gasteiger partial charge in [-0.05, 0) is 43.7 Å². The van der Waals surface area contributed by atoms with Gasteiger partial charge in [-0.2, -0.15) is 5.10 Å². The highest BCUT2D eigenvalue weighted by atomic mass is 35.5. The lowest BCUT2D eigenvalue weighted by Gasteiger charge is -2.07. The molecule has 24 heavy (non-hydrogen) atoms. The Morgan fingerprint density at radius 3 is 2.71 bits per heavy atom. The molecule has 2 aromatic rings. The van der Waals surface area contributed by atoms with Crippen LogP contribution in [0.4, 0.5) is 0 Å². The van der Waals surface area contributed by atoms with Crippen molar-refractivity contribution in [3.8, 4) is 5.75 Å². The minimum atomic E-state index is -0.178. The standard InChI is InChI=1S/C16H15Cl3N2O2S/c1-10(14-6-7-15(19)24-14)20-21-16(22)3-2-8-23-13-5-4-11(17)9-12(13)18/h4-7,9H,2-3,8H2,1H3,(H,21,22)/b20-10+. The van der Waals surface area contributed by atoms with Gasteiger partial charge >= 0.3 is 0 Å². The molecule has 0 atom stereocenters. The predicted molar refractivity (Wildman–Crippen MR) is 101 cm³/mol. The van der Waals surface area contributed by atoms with E-state index < -0.39 is 0 Å². The maximum Gasteiger partial charge on any atom is 0.240 e. The predicted octanol–water partition coefficient (Wildman–Crippen LogP) is 5.41. The van der Waals surface area contributed by atoms with Gasteiger partial charge in [0.05, 0.1) is 26.6 Å². The number of ether oxygens (including phenoxy) is 1. The number of carbonyl (C=O) groups excluding carboxylic acids is 1. The lowest BCUT2D eigenvalue weighted by Crippen LogP contribution is -2.19. The van der Waals surface area contributed by atoms with E-state index in [2.05, 4.69) is 10.5 Å². The molecule has 0 saturated heterocycles. The van der Waals surface area contributed by atoms with Crippen molar-refractivity contribution < 1.29 is 9.53 Å². The molecule has 1 amide bonds. The van der Waals surface area contributed by atoms with Crippen LogP contribution in [0.1, 0.15) is 24.6 Å². The van der Waals surface area contributed by atoms with Gasteiger partial charge in [0.2, 0.25) is 5.91 Å². The number of thiophene rings is 1. The molecule has 1 aromatic carbocycles. The van der Waals surface area contributed by atoms with E-state index in [0.29, 0.717) is 45.3 Å². The van der Waals surface area contributed by atoms with Gasteiger partial charge in [0, 0.05) is 11.4 Å². The molecule has 0 aliphatic heterocycles. The van der Waals surface area contributed by atoms with E-state index in [1.165, 1.54) is 11.3 Å². The summed E-state index contributed by atoms with van der Waals surface area (Å²) in [6.45, 7) is 2.19. The number of rotatable bonds is 7. The number of hydrogen-bond donors (Lipinski definition) is 1. The molecule has 0 fully saturated rings. The summed E-state index contributed by atoms with van der Waals surface area (Å²) in [4.78, 5) is 12.7. The van der Waals surface area contributed by atoms with Crippen molar-refractivity contribution >= 4 is 57.8 Å². The Bertz CT molecular complexity index is 747. The second kappa shape index (κ2) is 9.28. The first-order valence-electron chi connectivity index (χ1n) is 7.12. The fraction of sp³-hybridized carbons (Fsp3) is 0.250. The zero-order chi connectivity index (χ0) is 17.5. The molecule has 4 nitrogen and oxygen atoms in total. The lowest BCUT2D eigenvalue weighted by atomic mass is 10.3. The summed E-state index contributed by atoms with van der Waals surface area (Å²) in [5.41, 5.74) is 3.23. The summed E-state index contributed by atoms with van der Waals surface area (Å²) in [6.07, 6.45) is 0.845. The zero-order valence-corrected chi connectivity index (χ0v) is 15.9. The van der Waals surface area contributed by atoms with Gasteiger partial charge in [0.1, 0.15) is 5.75 Å². The van der Waals surface area contributed by atoms with Gasteiger partial charge in [0.15, 0.2) is 0 Å². The molecule has 0 saturated carbocycles. The largest absolute Gasteiger partial charge is 0.492 e. The Kier molecular flexibility index (Phi) is 7.37. The summed E-state index contributed by atoms with van der Waals surface area (Å²) in [5, 5.41) is 5.05. The van der Waals surface area contributed by atoms with Crippen LogP contribution in [-0.2, 0) is 4.79 Å². The molecular weight excluding hydrogens is 391 g/mol. The molecule has 0 bridgehead atoms. The maximum absolute atomic E-state index is 11.8. The van der Waals surface area contributed by atoms with Crippen LogP contribution in [0, 0.1) is 0 Å². The van der Waals surface area contributed by atoms with E-state index in [0.717, 1.165) is 4.88 Å². The fourth-order valence-corrected chi connectivity index (χ4v) is 3.22. The van der Waals surface area contributed by atoms with Crippen molar-refractivity contribution in [2.45, 2.75) is 19.8 Å². The lowest BCUT2D eigenvalue weighted by molar-refractivity contribution is -0.121. The quantitative estimate of drug-likeness (QED) is 0.380. The molecule has 1 heterocycles. The Hall–Kier alpha value is -1.27. The van der Waals surface area contributed by atoms with Gasteiger partial charge in [-0.15, -0.1) is 11.3 Å². The van der Waals surface area contributed by atoms with Crippen LogP contribution in [0.25, 0.3) is 0 Å². The number of benzene rings is 1. The molecule has 1 aromatic heterocycles. The van der Waals surface area contributed by atoms with Crippen molar-refractivity contribution in [1.29, 1.82) is 0 Å². The number of halogens is 3. The van der Waals surface area contributed by atoms with E-state index >= 15 is 0 Å². The molecule has 0 unspecified atom stereocenters. The van der Waals surface area contributed by atoms with Crippen LogP contribution < -0.4 is 10.2 Å². The smallest absolute Gasteiger partial charge is 0.240 e. The summed E-state index contributed by atoms with van der Waals surface area (Å²) >= 11 is 19.1. The number of hydrogen-bond acceptors (Lipinski definition) is 4. The van der Waals surface area contributed by atoms with Crippen molar-refractivity contribution in [3.05, 3.63) is 49.6 Å². The second-order valence-electron chi connectivity index (χ2n) is 4.86. The highest BCUT2D eigenvalue weighted by molar-refractivity contribution is 7.18. The Morgan fingerprint density at radius 2 is 2.04 bits per heavy atom. The second-order valence-corrected chi connectivity index (χ2v) is 7.42. The molecule has 2 rings (SSSR count). The molecule has 0 radical (unpaired) electrons. The van der Waals surface area contributed by atoms with E-state index in [1.807, 2.05) is 13.0 Å². The molecular formula is C16H15Cl3N2O2S. The van der Waals surface area contributed by atoms with Gasteiger partial charge in [-0.1, -0.05) is 34.8 Å². The van der Waals surface area contributed by atoms with Crippen LogP contribution in [-0.4, -0.2) is 18.2 Å². The Morgan fingerprint density at radius 1 is 1.25 bits per heavy atom. The average Bonchev–Trinajstić information content (AvgIpc) is 2.97. The van der Waals surface area contributed by atoms with E-state index in [-0.39, 0.29) is 5.91 Å². The van der Waals surface area contributed by atoms with E-state index in [4.69, 9.17) is 39.5 Å². The SMILES string of the molecule is C/C(=N\NC(=O)CCCOc1ccc(Cl)cc1Cl)c1ccc(Cl)s1. The topological polar surface area (TPSA) is 50.7 Å². The number of hydrazone groups is 1. The van der Waals surface area contributed by atoms with Crippen molar-refractivity contribution in [2.24, 2.45) is 5.10 Å². The maximum atomic E-state index is 11.8. The first-order chi connectivity index (χ1) is 11.5. The number of nitrogens with one attached hydrogen (secondary N) is 1. The molecule has 8 heteroatoms. The van der Waals surface area contributed by atoms with E-state index in [1.54, 1.807) is 24.3 Å². The highest BCUT2D eigenvalue weighted by Crippen LogP contribution is 2.27. The zero-order valence-electron chi connectivity index (χ0n) is 12.8. The summed E-state index contributed by atoms with van der Waals surface area (Å²) < 4.78 is 6.20. The first-order valence-corrected chi connectivity index (χ1v) is 9.07. The van der Waals surface area contributed by atoms with Crippen molar-refractivity contribution in [3.63, 3.8) is 0 Å². The Balaban J connectivity index is 1.71. The number of carbonyl (C=O) groups is 1. The van der Waals surface area contributed by atoms with Crippen molar-refractivity contribution in [1.82, 2.24) is 5.43 Å². The highest BCUT2D eigenvalue weighted by Gasteiger charge is 2.05.